The highest BCUT2D eigenvalue weighted by Crippen LogP contribution is 2.71. The largest absolute Gasteiger partial charge is 0.462 e. The van der Waals surface area contributed by atoms with Crippen LogP contribution < -0.4 is 0 Å². The van der Waals surface area contributed by atoms with E-state index in [4.69, 9.17) is 23.7 Å². The summed E-state index contributed by atoms with van der Waals surface area (Å²) in [7, 11) is 0. The first-order valence-corrected chi connectivity index (χ1v) is 13.3. The lowest BCUT2D eigenvalue weighted by Crippen LogP contribution is -2.67. The number of epoxide rings is 1. The molecule has 39 heavy (non-hydrogen) atoms. The van der Waals surface area contributed by atoms with Crippen LogP contribution in [0.15, 0.2) is 47.6 Å². The maximum absolute atomic E-state index is 13.1. The smallest absolute Gasteiger partial charge is 0.331 e. The van der Waals surface area contributed by atoms with Crippen LogP contribution in [0.5, 0.6) is 0 Å². The highest BCUT2D eigenvalue weighted by Gasteiger charge is 2.83. The molecule has 0 aromatic carbocycles. The molecule has 2 aliphatic carbocycles. The van der Waals surface area contributed by atoms with Crippen LogP contribution in [0.4, 0.5) is 0 Å². The minimum atomic E-state index is -1.12. The van der Waals surface area contributed by atoms with Gasteiger partial charge in [-0.1, -0.05) is 25.2 Å². The van der Waals surface area contributed by atoms with Crippen molar-refractivity contribution in [2.24, 2.45) is 10.8 Å². The number of carbonyl (C=O) groups excluding carboxylic acids is 3. The molecule has 10 heteroatoms. The molecule has 0 aromatic rings. The van der Waals surface area contributed by atoms with E-state index < -0.39 is 58.9 Å². The van der Waals surface area contributed by atoms with Crippen LogP contribution in [-0.4, -0.2) is 90.0 Å². The molecule has 1 saturated carbocycles. The molecular weight excluding hydrogens is 508 g/mol. The number of aliphatic hydroxyl groups excluding tert-OH is 2. The molecule has 212 valence electrons. The van der Waals surface area contributed by atoms with E-state index in [9.17, 15) is 24.6 Å². The van der Waals surface area contributed by atoms with Gasteiger partial charge in [-0.2, -0.15) is 0 Å². The average molecular weight is 545 g/mol. The summed E-state index contributed by atoms with van der Waals surface area (Å²) in [5.74, 6) is -1.38. The van der Waals surface area contributed by atoms with Gasteiger partial charge in [-0.25, -0.2) is 9.59 Å². The van der Waals surface area contributed by atoms with E-state index in [0.29, 0.717) is 24.2 Å². The summed E-state index contributed by atoms with van der Waals surface area (Å²) in [6.07, 6.45) is 4.92. The zero-order chi connectivity index (χ0) is 28.2. The number of allylic oxidation sites excluding steroid dienone is 3. The summed E-state index contributed by atoms with van der Waals surface area (Å²) < 4.78 is 29.9. The van der Waals surface area contributed by atoms with E-state index in [-0.39, 0.29) is 31.5 Å². The molecular formula is C29H36O10. The van der Waals surface area contributed by atoms with Crippen molar-refractivity contribution in [2.45, 2.75) is 82.8 Å². The molecule has 2 spiro atoms. The highest BCUT2D eigenvalue weighted by molar-refractivity contribution is 5.96. The summed E-state index contributed by atoms with van der Waals surface area (Å²) in [6.45, 7) is 6.83. The second-order valence-corrected chi connectivity index (χ2v) is 11.5. The quantitative estimate of drug-likeness (QED) is 0.368. The fourth-order valence-corrected chi connectivity index (χ4v) is 6.68. The first-order chi connectivity index (χ1) is 18.4. The Morgan fingerprint density at radius 3 is 2.51 bits per heavy atom. The van der Waals surface area contributed by atoms with Crippen molar-refractivity contribution >= 4 is 17.7 Å². The zero-order valence-electron chi connectivity index (χ0n) is 22.6. The minimum absolute atomic E-state index is 0.0358. The van der Waals surface area contributed by atoms with Crippen LogP contribution in [-0.2, 0) is 38.1 Å². The summed E-state index contributed by atoms with van der Waals surface area (Å²) in [5.41, 5.74) is -1.82. The van der Waals surface area contributed by atoms with Gasteiger partial charge in [-0.15, -0.1) is 0 Å². The molecule has 3 heterocycles. The zero-order valence-corrected chi connectivity index (χ0v) is 22.6. The Hall–Kier alpha value is -2.63. The van der Waals surface area contributed by atoms with E-state index in [1.807, 2.05) is 6.92 Å². The molecule has 9 unspecified atom stereocenters. The maximum Gasteiger partial charge on any atom is 0.331 e. The third kappa shape index (κ3) is 4.52. The number of ketones is 1. The number of rotatable bonds is 1. The van der Waals surface area contributed by atoms with E-state index >= 15 is 0 Å². The Kier molecular flexibility index (Phi) is 7.22. The third-order valence-corrected chi connectivity index (χ3v) is 9.30. The van der Waals surface area contributed by atoms with Crippen LogP contribution in [0.2, 0.25) is 0 Å². The number of cyclic esters (lactones) is 1. The van der Waals surface area contributed by atoms with Gasteiger partial charge >= 0.3 is 11.9 Å². The molecule has 5 aliphatic rings. The number of ether oxygens (including phenoxy) is 5. The molecule has 0 aromatic heterocycles. The summed E-state index contributed by atoms with van der Waals surface area (Å²) in [6, 6.07) is 0. The van der Waals surface area contributed by atoms with Crippen LogP contribution in [0, 0.1) is 10.8 Å². The van der Waals surface area contributed by atoms with Crippen molar-refractivity contribution in [3.05, 3.63) is 47.6 Å². The van der Waals surface area contributed by atoms with Crippen molar-refractivity contribution in [1.82, 2.24) is 0 Å². The molecule has 10 nitrogen and oxygen atoms in total. The normalized spacial score (nSPS) is 43.4. The van der Waals surface area contributed by atoms with Crippen LogP contribution in [0.25, 0.3) is 0 Å². The van der Waals surface area contributed by atoms with Gasteiger partial charge < -0.3 is 33.9 Å². The lowest BCUT2D eigenvalue weighted by Gasteiger charge is -2.57. The van der Waals surface area contributed by atoms with Gasteiger partial charge in [0.15, 0.2) is 5.78 Å². The molecule has 2 saturated heterocycles. The van der Waals surface area contributed by atoms with E-state index in [1.54, 1.807) is 32.1 Å². The van der Waals surface area contributed by atoms with Gasteiger partial charge in [0.05, 0.1) is 48.5 Å². The van der Waals surface area contributed by atoms with Crippen LogP contribution in [0.3, 0.4) is 0 Å². The van der Waals surface area contributed by atoms with Crippen LogP contribution in [0.1, 0.15) is 40.5 Å². The van der Waals surface area contributed by atoms with Gasteiger partial charge in [0.25, 0.3) is 0 Å². The average Bonchev–Trinajstić information content (AvgIpc) is 3.65. The fraction of sp³-hybridized carbons (Fsp3) is 0.621. The van der Waals surface area contributed by atoms with Gasteiger partial charge in [-0.3, -0.25) is 4.79 Å². The molecule has 0 amide bonds. The van der Waals surface area contributed by atoms with E-state index in [0.717, 1.165) is 0 Å². The summed E-state index contributed by atoms with van der Waals surface area (Å²) >= 11 is 0. The Labute approximate surface area is 227 Å². The number of carbonyl (C=O) groups is 3. The second-order valence-electron chi connectivity index (χ2n) is 11.5. The van der Waals surface area contributed by atoms with Gasteiger partial charge in [0.2, 0.25) is 0 Å². The maximum atomic E-state index is 13.1. The minimum Gasteiger partial charge on any atom is -0.462 e. The number of aliphatic hydroxyl groups is 2. The summed E-state index contributed by atoms with van der Waals surface area (Å²) in [4.78, 5) is 39.0. The lowest BCUT2D eigenvalue weighted by atomic mass is 9.51. The van der Waals surface area contributed by atoms with Gasteiger partial charge in [0, 0.05) is 25.0 Å². The monoisotopic (exact) mass is 544 g/mol. The first kappa shape index (κ1) is 27.9. The Morgan fingerprint density at radius 2 is 1.82 bits per heavy atom. The molecule has 2 bridgehead atoms. The lowest BCUT2D eigenvalue weighted by molar-refractivity contribution is -0.230. The van der Waals surface area contributed by atoms with Gasteiger partial charge in [-0.05, 0) is 38.0 Å². The number of hydrogen-bond acceptors (Lipinski definition) is 10. The second kappa shape index (κ2) is 10.1. The third-order valence-electron chi connectivity index (χ3n) is 9.30. The fourth-order valence-electron chi connectivity index (χ4n) is 6.68. The topological polar surface area (TPSA) is 141 Å². The Bertz CT molecular complexity index is 1160. The standard InChI is InChI=1S/C29H36O10/c1-16-9-23-28(12-19(16)31)14-36-26(34)10-17(2)20(32)13-35-21(18(3)30)7-5-6-8-25(33)39-22-11-24(38-23)29(15-37-29)27(22,28)4/h5-10,18,20-24,30,32H,11-15H2,1-4H3. The van der Waals surface area contributed by atoms with Gasteiger partial charge in [0.1, 0.15) is 24.4 Å². The number of Topliss-reactive ketones (excluding diaryl/α,β-unsaturated/α-hetero) is 1. The molecule has 3 fully saturated rings. The predicted octanol–water partition coefficient (Wildman–Crippen LogP) is 1.49. The SMILES string of the molecule is CC1=CC2OC3CC4OC(=O)C=CC=CC(C(C)O)OCC(O)C(C)=CC(=O)OCC2(CC1=O)C4(C)C31CO1. The van der Waals surface area contributed by atoms with Crippen molar-refractivity contribution in [3.8, 4) is 0 Å². The highest BCUT2D eigenvalue weighted by atomic mass is 16.6. The summed E-state index contributed by atoms with van der Waals surface area (Å²) in [5, 5.41) is 20.6. The van der Waals surface area contributed by atoms with E-state index in [1.165, 1.54) is 25.2 Å². The van der Waals surface area contributed by atoms with Crippen molar-refractivity contribution in [3.63, 3.8) is 0 Å². The Balaban J connectivity index is 1.55. The number of hydrogen-bond donors (Lipinski definition) is 2. The van der Waals surface area contributed by atoms with Crippen molar-refractivity contribution < 1.29 is 48.3 Å². The predicted molar refractivity (Wildman–Crippen MR) is 136 cm³/mol. The molecule has 2 N–H and O–H groups in total. The van der Waals surface area contributed by atoms with Crippen molar-refractivity contribution in [1.29, 1.82) is 0 Å². The molecule has 3 aliphatic heterocycles. The first-order valence-electron chi connectivity index (χ1n) is 13.3. The number of esters is 2. The van der Waals surface area contributed by atoms with E-state index in [2.05, 4.69) is 0 Å². The van der Waals surface area contributed by atoms with Crippen LogP contribution >= 0.6 is 0 Å². The molecule has 5 rings (SSSR count). The molecule has 0 radical (unpaired) electrons. The van der Waals surface area contributed by atoms with Crippen molar-refractivity contribution in [2.75, 3.05) is 19.8 Å². The Morgan fingerprint density at radius 1 is 1.08 bits per heavy atom. The molecule has 9 atom stereocenters.